The average Bonchev–Trinajstić information content (AvgIpc) is 2.37. The number of aliphatic carboxylic acids is 1. The van der Waals surface area contributed by atoms with E-state index in [4.69, 9.17) is 0 Å². The Kier molecular flexibility index (Phi) is 7.57. The van der Waals surface area contributed by atoms with Crippen molar-refractivity contribution in [2.24, 2.45) is 15.0 Å². The molecule has 0 aromatic carbocycles. The van der Waals surface area contributed by atoms with Gasteiger partial charge in [0, 0.05) is 0 Å². The third kappa shape index (κ3) is 4.77. The molecule has 19 heavy (non-hydrogen) atoms. The van der Waals surface area contributed by atoms with Crippen LogP contribution in [0.5, 0.6) is 0 Å². The molecule has 0 aliphatic carbocycles. The summed E-state index contributed by atoms with van der Waals surface area (Å²) in [6.45, 7) is 1.49. The van der Waals surface area contributed by atoms with Gasteiger partial charge in [-0.05, 0) is 26.2 Å². The molecule has 0 heterocycles. The molecule has 0 aliphatic heterocycles. The highest BCUT2D eigenvalue weighted by Gasteiger charge is 2.38. The number of aliphatic imine (C=N–C) groups is 3. The van der Waals surface area contributed by atoms with Crippen LogP contribution in [0.15, 0.2) is 15.0 Å². The molecule has 0 spiro atoms. The number of nitrogens with zero attached hydrogens (tertiary/aromatic N) is 3. The first-order chi connectivity index (χ1) is 9.05. The van der Waals surface area contributed by atoms with Crippen LogP contribution in [0.2, 0.25) is 0 Å². The first-order valence-corrected chi connectivity index (χ1v) is 5.46. The molecule has 0 radical (unpaired) electrons. The van der Waals surface area contributed by atoms with Crippen molar-refractivity contribution in [3.8, 4) is 0 Å². The normalized spacial score (nSPS) is 13.9. The van der Waals surface area contributed by atoms with Crippen LogP contribution < -0.4 is 5.11 Å². The molecule has 0 rings (SSSR count). The highest BCUT2D eigenvalue weighted by atomic mass is 16.4. The van der Waals surface area contributed by atoms with Crippen molar-refractivity contribution in [1.29, 1.82) is 0 Å². The number of hydrogen-bond donors (Lipinski definition) is 0. The lowest BCUT2D eigenvalue weighted by Gasteiger charge is -2.32. The van der Waals surface area contributed by atoms with Gasteiger partial charge in [-0.25, -0.2) is 19.4 Å². The highest BCUT2D eigenvalue weighted by molar-refractivity contribution is 5.79. The third-order valence-electron chi connectivity index (χ3n) is 2.68. The Morgan fingerprint density at radius 1 is 1.21 bits per heavy atom. The van der Waals surface area contributed by atoms with Gasteiger partial charge in [0.15, 0.2) is 0 Å². The summed E-state index contributed by atoms with van der Waals surface area (Å²) in [5, 5.41) is 11.2. The number of carboxylic acids is 1. The van der Waals surface area contributed by atoms with Crippen LogP contribution in [-0.2, 0) is 19.2 Å². The van der Waals surface area contributed by atoms with Gasteiger partial charge < -0.3 is 9.90 Å². The lowest BCUT2D eigenvalue weighted by atomic mass is 9.86. The summed E-state index contributed by atoms with van der Waals surface area (Å²) in [5.41, 5.74) is -1.95. The largest absolute Gasteiger partial charge is 0.547 e. The van der Waals surface area contributed by atoms with Gasteiger partial charge in [0.2, 0.25) is 18.2 Å². The van der Waals surface area contributed by atoms with Crippen molar-refractivity contribution >= 4 is 24.2 Å². The molecule has 0 aromatic heterocycles. The van der Waals surface area contributed by atoms with E-state index in [1.165, 1.54) is 19.1 Å². The molecule has 0 saturated heterocycles. The predicted octanol–water partition coefficient (Wildman–Crippen LogP) is -0.959. The second-order valence-electron chi connectivity index (χ2n) is 3.74. The molecule has 0 amide bonds. The van der Waals surface area contributed by atoms with E-state index in [-0.39, 0.29) is 13.0 Å². The maximum atomic E-state index is 11.2. The molecule has 2 unspecified atom stereocenters. The van der Waals surface area contributed by atoms with Gasteiger partial charge in [-0.2, -0.15) is 9.98 Å². The molecular weight excluding hydrogens is 254 g/mol. The smallest absolute Gasteiger partial charge is 0.235 e. The molecule has 8 nitrogen and oxygen atoms in total. The number of rotatable bonds is 9. The molecule has 0 aliphatic rings. The first kappa shape index (κ1) is 16.6. The zero-order valence-electron chi connectivity index (χ0n) is 10.3. The molecule has 2 atom stereocenters. The fourth-order valence-electron chi connectivity index (χ4n) is 1.57. The maximum absolute atomic E-state index is 11.2. The fraction of sp³-hybridized carbons (Fsp3) is 0.636. The Morgan fingerprint density at radius 3 is 2.37 bits per heavy atom. The van der Waals surface area contributed by atoms with E-state index < -0.39 is 17.6 Å². The van der Waals surface area contributed by atoms with Crippen LogP contribution in [0.4, 0.5) is 0 Å². The molecule has 102 valence electrons. The van der Waals surface area contributed by atoms with Crippen molar-refractivity contribution in [2.45, 2.75) is 37.8 Å². The number of hydrogen-bond acceptors (Lipinski definition) is 8. The predicted molar refractivity (Wildman–Crippen MR) is 60.3 cm³/mol. The van der Waals surface area contributed by atoms with E-state index in [0.29, 0.717) is 12.8 Å². The fourth-order valence-corrected chi connectivity index (χ4v) is 1.57. The second kappa shape index (κ2) is 8.66. The Balaban J connectivity index is 5.02. The molecule has 0 fully saturated rings. The summed E-state index contributed by atoms with van der Waals surface area (Å²) in [6, 6.07) is -1.11. The quantitative estimate of drug-likeness (QED) is 0.301. The monoisotopic (exact) mass is 266 g/mol. The second-order valence-corrected chi connectivity index (χ2v) is 3.74. The summed E-state index contributed by atoms with van der Waals surface area (Å²) >= 11 is 0. The number of carboxylic acid groups (broad SMARTS) is 1. The minimum Gasteiger partial charge on any atom is -0.547 e. The Morgan fingerprint density at radius 2 is 1.89 bits per heavy atom. The topological polar surface area (TPSA) is 128 Å². The van der Waals surface area contributed by atoms with Crippen molar-refractivity contribution in [3.63, 3.8) is 0 Å². The van der Waals surface area contributed by atoms with E-state index in [9.17, 15) is 24.3 Å². The van der Waals surface area contributed by atoms with Gasteiger partial charge >= 0.3 is 0 Å². The third-order valence-corrected chi connectivity index (χ3v) is 2.68. The lowest BCUT2D eigenvalue weighted by Crippen LogP contribution is -2.53. The lowest BCUT2D eigenvalue weighted by molar-refractivity contribution is -0.313. The molecule has 0 N–H and O–H groups in total. The zero-order chi connectivity index (χ0) is 14.7. The molecule has 0 aromatic rings. The van der Waals surface area contributed by atoms with Crippen molar-refractivity contribution in [1.82, 2.24) is 0 Å². The summed E-state index contributed by atoms with van der Waals surface area (Å²) in [6.07, 6.45) is 4.33. The first-order valence-electron chi connectivity index (χ1n) is 5.46. The maximum Gasteiger partial charge on any atom is 0.235 e. The number of isocyanates is 3. The number of carbonyl (C=O) groups excluding carboxylic acids is 4. The van der Waals surface area contributed by atoms with Crippen molar-refractivity contribution in [3.05, 3.63) is 0 Å². The van der Waals surface area contributed by atoms with Gasteiger partial charge in [-0.3, -0.25) is 0 Å². The van der Waals surface area contributed by atoms with Gasteiger partial charge in [0.05, 0.1) is 18.6 Å². The van der Waals surface area contributed by atoms with Crippen LogP contribution >= 0.6 is 0 Å². The van der Waals surface area contributed by atoms with Crippen molar-refractivity contribution in [2.75, 3.05) is 6.54 Å². The minimum atomic E-state index is -1.95. The van der Waals surface area contributed by atoms with Gasteiger partial charge in [-0.15, -0.1) is 0 Å². The van der Waals surface area contributed by atoms with Crippen LogP contribution in [-0.4, -0.2) is 42.3 Å². The van der Waals surface area contributed by atoms with E-state index in [1.54, 1.807) is 0 Å². The van der Waals surface area contributed by atoms with Crippen LogP contribution in [0.3, 0.4) is 0 Å². The minimum absolute atomic E-state index is 0.0920. The summed E-state index contributed by atoms with van der Waals surface area (Å²) in [7, 11) is 0. The average molecular weight is 266 g/mol. The number of carbonyl (C=O) groups is 1. The van der Waals surface area contributed by atoms with Crippen LogP contribution in [0.1, 0.15) is 26.2 Å². The van der Waals surface area contributed by atoms with Gasteiger partial charge in [0.25, 0.3) is 0 Å². The van der Waals surface area contributed by atoms with Crippen molar-refractivity contribution < 1.29 is 24.3 Å². The number of unbranched alkanes of at least 4 members (excludes halogenated alkanes) is 1. The zero-order valence-corrected chi connectivity index (χ0v) is 10.3. The Labute approximate surface area is 109 Å². The Hall–Kier alpha value is -2.39. The molecular formula is C11H12N3O5-. The Bertz CT molecular complexity index is 455. The SMILES string of the molecule is CC(N=C=O)C(CCCCN=C=O)(N=C=O)C(=O)[O-]. The van der Waals surface area contributed by atoms with Crippen LogP contribution in [0.25, 0.3) is 0 Å². The van der Waals surface area contributed by atoms with E-state index >= 15 is 0 Å². The van der Waals surface area contributed by atoms with Gasteiger partial charge in [0.1, 0.15) is 5.54 Å². The summed E-state index contributed by atoms with van der Waals surface area (Å²) in [4.78, 5) is 51.4. The van der Waals surface area contributed by atoms with Gasteiger partial charge in [-0.1, -0.05) is 0 Å². The molecule has 0 bridgehead atoms. The van der Waals surface area contributed by atoms with E-state index in [2.05, 4.69) is 15.0 Å². The summed E-state index contributed by atoms with van der Waals surface area (Å²) < 4.78 is 0. The summed E-state index contributed by atoms with van der Waals surface area (Å²) in [5.74, 6) is -1.62. The molecule has 0 saturated carbocycles. The van der Waals surface area contributed by atoms with Crippen LogP contribution in [0, 0.1) is 0 Å². The highest BCUT2D eigenvalue weighted by Crippen LogP contribution is 2.25. The van der Waals surface area contributed by atoms with E-state index in [1.807, 2.05) is 0 Å². The molecule has 8 heteroatoms. The van der Waals surface area contributed by atoms with E-state index in [0.717, 1.165) is 6.08 Å². The standard InChI is InChI=1S/C11H13N3O5/c1-9(13-7-16)11(10(18)19,14-8-17)4-2-3-5-12-6-15/h9H,2-5H2,1H3,(H,18,19)/p-1.